The molecule has 3 aromatic carbocycles. The largest absolute Gasteiger partial charge is 0.493 e. The van der Waals surface area contributed by atoms with Crippen molar-refractivity contribution in [1.29, 1.82) is 0 Å². The van der Waals surface area contributed by atoms with E-state index in [9.17, 15) is 9.59 Å². The zero-order chi connectivity index (χ0) is 23.9. The number of rotatable bonds is 8. The van der Waals surface area contributed by atoms with Gasteiger partial charge in [-0.1, -0.05) is 30.3 Å². The molecule has 176 valence electrons. The van der Waals surface area contributed by atoms with Gasteiger partial charge < -0.3 is 29.0 Å². The van der Waals surface area contributed by atoms with Crippen molar-refractivity contribution in [1.82, 2.24) is 0 Å². The molecule has 0 radical (unpaired) electrons. The van der Waals surface area contributed by atoms with Crippen LogP contribution in [0.4, 0.5) is 5.69 Å². The highest BCUT2D eigenvalue weighted by atomic mass is 16.6. The summed E-state index contributed by atoms with van der Waals surface area (Å²) in [7, 11) is 1.49. The lowest BCUT2D eigenvalue weighted by atomic mass is 10.2. The molecule has 8 heteroatoms. The number of ether oxygens (including phenoxy) is 5. The minimum Gasteiger partial charge on any atom is -0.493 e. The van der Waals surface area contributed by atoms with Crippen LogP contribution in [0.25, 0.3) is 0 Å². The van der Waals surface area contributed by atoms with Gasteiger partial charge in [0, 0.05) is 11.8 Å². The minimum absolute atomic E-state index is 0.239. The van der Waals surface area contributed by atoms with Gasteiger partial charge in [-0.15, -0.1) is 0 Å². The van der Waals surface area contributed by atoms with E-state index in [4.69, 9.17) is 23.7 Å². The van der Waals surface area contributed by atoms with Crippen molar-refractivity contribution in [3.8, 4) is 23.0 Å². The number of carbonyl (C=O) groups is 2. The maximum atomic E-state index is 12.6. The van der Waals surface area contributed by atoms with Crippen LogP contribution in [-0.4, -0.2) is 38.3 Å². The van der Waals surface area contributed by atoms with E-state index in [2.05, 4.69) is 5.32 Å². The van der Waals surface area contributed by atoms with Crippen LogP contribution in [0.3, 0.4) is 0 Å². The van der Waals surface area contributed by atoms with E-state index in [1.54, 1.807) is 30.3 Å². The summed E-state index contributed by atoms with van der Waals surface area (Å²) in [5.74, 6) is 0.924. The maximum Gasteiger partial charge on any atom is 0.339 e. The van der Waals surface area contributed by atoms with Crippen LogP contribution in [-0.2, 0) is 16.1 Å². The van der Waals surface area contributed by atoms with Gasteiger partial charge in [-0.3, -0.25) is 4.79 Å². The molecule has 0 saturated heterocycles. The highest BCUT2D eigenvalue weighted by Crippen LogP contribution is 2.33. The molecule has 0 aliphatic carbocycles. The van der Waals surface area contributed by atoms with Crippen molar-refractivity contribution in [2.75, 3.05) is 25.6 Å². The predicted octanol–water partition coefficient (Wildman–Crippen LogP) is 4.23. The Balaban J connectivity index is 1.36. The number of amides is 1. The smallest absolute Gasteiger partial charge is 0.339 e. The van der Waals surface area contributed by atoms with Crippen LogP contribution in [0.15, 0.2) is 66.7 Å². The van der Waals surface area contributed by atoms with Crippen LogP contribution in [0, 0.1) is 0 Å². The van der Waals surface area contributed by atoms with Gasteiger partial charge >= 0.3 is 5.97 Å². The Hall–Kier alpha value is -4.20. The lowest BCUT2D eigenvalue weighted by Gasteiger charge is -2.19. The molecule has 1 aliphatic heterocycles. The van der Waals surface area contributed by atoms with E-state index >= 15 is 0 Å². The maximum absolute atomic E-state index is 12.6. The third-order valence-corrected chi connectivity index (χ3v) is 5.10. The van der Waals surface area contributed by atoms with Crippen LogP contribution in [0.2, 0.25) is 0 Å². The number of hydrogen-bond acceptors (Lipinski definition) is 7. The molecule has 1 unspecified atom stereocenters. The molecule has 8 nitrogen and oxygen atoms in total. The summed E-state index contributed by atoms with van der Waals surface area (Å²) in [6, 6.07) is 19.5. The van der Waals surface area contributed by atoms with E-state index in [0.717, 1.165) is 5.56 Å². The van der Waals surface area contributed by atoms with E-state index in [1.165, 1.54) is 20.1 Å². The van der Waals surface area contributed by atoms with Crippen molar-refractivity contribution in [3.63, 3.8) is 0 Å². The van der Waals surface area contributed by atoms with E-state index < -0.39 is 18.0 Å². The molecule has 0 bridgehead atoms. The molecule has 0 saturated carbocycles. The lowest BCUT2D eigenvalue weighted by molar-refractivity contribution is -0.123. The summed E-state index contributed by atoms with van der Waals surface area (Å²) in [5.41, 5.74) is 1.76. The molecule has 1 aliphatic rings. The highest BCUT2D eigenvalue weighted by Gasteiger charge is 2.21. The quantitative estimate of drug-likeness (QED) is 0.500. The van der Waals surface area contributed by atoms with Crippen molar-refractivity contribution < 1.29 is 33.3 Å². The zero-order valence-electron chi connectivity index (χ0n) is 18.9. The number of fused-ring (bicyclic) bond motifs is 1. The van der Waals surface area contributed by atoms with Crippen molar-refractivity contribution in [3.05, 3.63) is 77.9 Å². The Morgan fingerprint density at radius 1 is 0.941 bits per heavy atom. The second-order valence-electron chi connectivity index (χ2n) is 7.54. The molecule has 0 spiro atoms. The summed E-state index contributed by atoms with van der Waals surface area (Å²) in [5, 5.41) is 2.72. The molecule has 1 atom stereocenters. The summed E-state index contributed by atoms with van der Waals surface area (Å²) >= 11 is 0. The van der Waals surface area contributed by atoms with E-state index in [-0.39, 0.29) is 5.56 Å². The number of benzene rings is 3. The Kier molecular flexibility index (Phi) is 7.17. The third-order valence-electron chi connectivity index (χ3n) is 5.10. The first-order valence-corrected chi connectivity index (χ1v) is 10.8. The molecule has 0 fully saturated rings. The molecule has 1 N–H and O–H groups in total. The molecule has 3 aromatic rings. The van der Waals surface area contributed by atoms with Gasteiger partial charge in [0.05, 0.1) is 12.7 Å². The summed E-state index contributed by atoms with van der Waals surface area (Å²) in [6.45, 7) is 2.78. The van der Waals surface area contributed by atoms with Gasteiger partial charge in [0.15, 0.2) is 29.1 Å². The van der Waals surface area contributed by atoms with Crippen LogP contribution in [0.5, 0.6) is 23.0 Å². The molecule has 34 heavy (non-hydrogen) atoms. The fraction of sp³-hybridized carbons (Fsp3) is 0.231. The number of carbonyl (C=O) groups excluding carboxylic acids is 2. The van der Waals surface area contributed by atoms with Gasteiger partial charge in [0.1, 0.15) is 19.8 Å². The average molecular weight is 463 g/mol. The Morgan fingerprint density at radius 2 is 1.71 bits per heavy atom. The first-order valence-electron chi connectivity index (χ1n) is 10.8. The Labute approximate surface area is 197 Å². The number of nitrogens with one attached hydrogen (secondary N) is 1. The predicted molar refractivity (Wildman–Crippen MR) is 125 cm³/mol. The molecular weight excluding hydrogens is 438 g/mol. The van der Waals surface area contributed by atoms with Gasteiger partial charge in [0.2, 0.25) is 0 Å². The minimum atomic E-state index is -1.03. The van der Waals surface area contributed by atoms with Crippen LogP contribution >= 0.6 is 0 Å². The fourth-order valence-corrected chi connectivity index (χ4v) is 3.30. The lowest BCUT2D eigenvalue weighted by Crippen LogP contribution is -2.30. The normalized spacial score (nSPS) is 12.9. The summed E-state index contributed by atoms with van der Waals surface area (Å²) in [6.07, 6.45) is -1.03. The van der Waals surface area contributed by atoms with Gasteiger partial charge in [-0.05, 0) is 42.8 Å². The molecule has 4 rings (SSSR count). The molecule has 0 aromatic heterocycles. The summed E-state index contributed by atoms with van der Waals surface area (Å²) < 4.78 is 27.5. The average Bonchev–Trinajstić information content (AvgIpc) is 2.87. The monoisotopic (exact) mass is 463 g/mol. The second kappa shape index (κ2) is 10.6. The number of hydrogen-bond donors (Lipinski definition) is 1. The Bertz CT molecular complexity index is 1160. The van der Waals surface area contributed by atoms with E-state index in [1.807, 2.05) is 30.3 Å². The second-order valence-corrected chi connectivity index (χ2v) is 7.54. The van der Waals surface area contributed by atoms with Crippen LogP contribution < -0.4 is 24.3 Å². The van der Waals surface area contributed by atoms with Gasteiger partial charge in [-0.2, -0.15) is 0 Å². The zero-order valence-corrected chi connectivity index (χ0v) is 18.9. The molecule has 1 amide bonds. The van der Waals surface area contributed by atoms with E-state index in [0.29, 0.717) is 48.5 Å². The third kappa shape index (κ3) is 5.58. The standard InChI is InChI=1S/C26H25NO7/c1-17(25(28)27-20-9-11-22-24(15-20)32-13-12-31-22)34-26(29)19-8-10-21(23(14-19)30-2)33-16-18-6-4-3-5-7-18/h3-11,14-15,17H,12-13,16H2,1-2H3,(H,27,28). The fourth-order valence-electron chi connectivity index (χ4n) is 3.30. The molecular formula is C26H25NO7. The Morgan fingerprint density at radius 3 is 2.47 bits per heavy atom. The van der Waals surface area contributed by atoms with Crippen LogP contribution in [0.1, 0.15) is 22.8 Å². The van der Waals surface area contributed by atoms with Gasteiger partial charge in [0.25, 0.3) is 5.91 Å². The van der Waals surface area contributed by atoms with Crippen molar-refractivity contribution >= 4 is 17.6 Å². The first kappa shape index (κ1) is 23.0. The topological polar surface area (TPSA) is 92.3 Å². The summed E-state index contributed by atoms with van der Waals surface area (Å²) in [4.78, 5) is 25.2. The number of methoxy groups -OCH3 is 1. The number of esters is 1. The first-order chi connectivity index (χ1) is 16.5. The number of anilines is 1. The SMILES string of the molecule is COc1cc(C(=O)OC(C)C(=O)Nc2ccc3c(c2)OCCO3)ccc1OCc1ccccc1. The molecule has 1 heterocycles. The highest BCUT2D eigenvalue weighted by molar-refractivity contribution is 5.97. The van der Waals surface area contributed by atoms with Crippen molar-refractivity contribution in [2.24, 2.45) is 0 Å². The van der Waals surface area contributed by atoms with Crippen molar-refractivity contribution in [2.45, 2.75) is 19.6 Å². The van der Waals surface area contributed by atoms with Gasteiger partial charge in [-0.25, -0.2) is 4.79 Å².